The fourth-order valence-corrected chi connectivity index (χ4v) is 3.21. The first-order valence-corrected chi connectivity index (χ1v) is 7.40. The molecule has 2 aliphatic rings. The summed E-state index contributed by atoms with van der Waals surface area (Å²) in [4.78, 5) is 2.12. The van der Waals surface area contributed by atoms with Gasteiger partial charge in [0.25, 0.3) is 0 Å². The lowest BCUT2D eigenvalue weighted by atomic mass is 9.85. The fourth-order valence-electron chi connectivity index (χ4n) is 3.21. The van der Waals surface area contributed by atoms with Crippen LogP contribution in [0, 0.1) is 5.92 Å². The summed E-state index contributed by atoms with van der Waals surface area (Å²) < 4.78 is 6.25. The van der Waals surface area contributed by atoms with Crippen molar-refractivity contribution in [2.24, 2.45) is 5.92 Å². The molecule has 1 aromatic carbocycles. The van der Waals surface area contributed by atoms with Crippen molar-refractivity contribution in [1.82, 2.24) is 5.32 Å². The van der Waals surface area contributed by atoms with E-state index in [-0.39, 0.29) is 6.23 Å². The van der Waals surface area contributed by atoms with Crippen LogP contribution in [0.5, 0.6) is 0 Å². The second-order valence-corrected chi connectivity index (χ2v) is 5.99. The standard InChI is InChI=1S/C16H24N2O/c1-18(2)14-9-7-12(8-10-14)16-17-11-13-5-3-4-6-15(13)19-16/h7-10,13,15-17H,3-6,11H2,1-2H3/t13-,15+,16?/m1/s1. The maximum absolute atomic E-state index is 6.25. The van der Waals surface area contributed by atoms with Gasteiger partial charge in [0, 0.05) is 26.3 Å². The zero-order valence-corrected chi connectivity index (χ0v) is 11.9. The molecule has 104 valence electrons. The van der Waals surface area contributed by atoms with Gasteiger partial charge in [-0.15, -0.1) is 0 Å². The number of anilines is 1. The largest absolute Gasteiger partial charge is 0.378 e. The normalized spacial score (nSPS) is 30.7. The molecule has 0 aromatic heterocycles. The Morgan fingerprint density at radius 1 is 1.11 bits per heavy atom. The third kappa shape index (κ3) is 2.77. The van der Waals surface area contributed by atoms with Gasteiger partial charge in [-0.3, -0.25) is 5.32 Å². The van der Waals surface area contributed by atoms with Gasteiger partial charge in [0.2, 0.25) is 0 Å². The molecule has 3 rings (SSSR count). The highest BCUT2D eigenvalue weighted by molar-refractivity contribution is 5.46. The Kier molecular flexibility index (Phi) is 3.76. The van der Waals surface area contributed by atoms with Crippen molar-refractivity contribution in [3.63, 3.8) is 0 Å². The predicted molar refractivity (Wildman–Crippen MR) is 78.3 cm³/mol. The number of fused-ring (bicyclic) bond motifs is 1. The van der Waals surface area contributed by atoms with Gasteiger partial charge in [-0.25, -0.2) is 0 Å². The van der Waals surface area contributed by atoms with Crippen LogP contribution in [0.15, 0.2) is 24.3 Å². The molecule has 3 heteroatoms. The third-order valence-electron chi connectivity index (χ3n) is 4.43. The Morgan fingerprint density at radius 3 is 2.58 bits per heavy atom. The molecule has 1 aromatic rings. The molecule has 19 heavy (non-hydrogen) atoms. The molecule has 3 nitrogen and oxygen atoms in total. The Balaban J connectivity index is 1.69. The average molecular weight is 260 g/mol. The summed E-state index contributed by atoms with van der Waals surface area (Å²) in [6, 6.07) is 8.67. The van der Waals surface area contributed by atoms with Crippen molar-refractivity contribution >= 4 is 5.69 Å². The van der Waals surface area contributed by atoms with Gasteiger partial charge in [-0.05, 0) is 36.5 Å². The molecule has 1 N–H and O–H groups in total. The number of hydrogen-bond donors (Lipinski definition) is 1. The predicted octanol–water partition coefficient (Wildman–Crippen LogP) is 2.93. The topological polar surface area (TPSA) is 24.5 Å². The fraction of sp³-hybridized carbons (Fsp3) is 0.625. The molecule has 0 spiro atoms. The maximum atomic E-state index is 6.25. The van der Waals surface area contributed by atoms with Crippen molar-refractivity contribution < 1.29 is 4.74 Å². The first-order valence-electron chi connectivity index (χ1n) is 7.40. The highest BCUT2D eigenvalue weighted by Gasteiger charge is 2.33. The molecule has 0 radical (unpaired) electrons. The van der Waals surface area contributed by atoms with Gasteiger partial charge in [-0.2, -0.15) is 0 Å². The molecular formula is C16H24N2O. The Morgan fingerprint density at radius 2 is 1.84 bits per heavy atom. The summed E-state index contributed by atoms with van der Waals surface area (Å²) in [6.45, 7) is 1.10. The summed E-state index contributed by atoms with van der Waals surface area (Å²) in [6.07, 6.45) is 5.80. The molecule has 0 amide bonds. The van der Waals surface area contributed by atoms with E-state index in [1.165, 1.54) is 36.9 Å². The van der Waals surface area contributed by atoms with Gasteiger partial charge in [0.05, 0.1) is 6.10 Å². The number of ether oxygens (including phenoxy) is 1. The van der Waals surface area contributed by atoms with Crippen molar-refractivity contribution in [2.45, 2.75) is 38.0 Å². The first kappa shape index (κ1) is 12.9. The van der Waals surface area contributed by atoms with Gasteiger partial charge < -0.3 is 9.64 Å². The number of nitrogens with zero attached hydrogens (tertiary/aromatic N) is 1. The molecule has 1 saturated heterocycles. The SMILES string of the molecule is CN(C)c1ccc(C2NC[C@H]3CCCC[C@@H]3O2)cc1. The average Bonchev–Trinajstić information content (AvgIpc) is 2.47. The van der Waals surface area contributed by atoms with Crippen LogP contribution >= 0.6 is 0 Å². The molecule has 2 fully saturated rings. The Labute approximate surface area is 115 Å². The van der Waals surface area contributed by atoms with Gasteiger partial charge in [0.15, 0.2) is 0 Å². The number of hydrogen-bond acceptors (Lipinski definition) is 3. The third-order valence-corrected chi connectivity index (χ3v) is 4.43. The summed E-state index contributed by atoms with van der Waals surface area (Å²) in [5, 5.41) is 3.55. The van der Waals surface area contributed by atoms with Crippen LogP contribution in [0.3, 0.4) is 0 Å². The van der Waals surface area contributed by atoms with Crippen molar-refractivity contribution in [1.29, 1.82) is 0 Å². The number of benzene rings is 1. The second-order valence-electron chi connectivity index (χ2n) is 5.99. The quantitative estimate of drug-likeness (QED) is 0.885. The lowest BCUT2D eigenvalue weighted by Crippen LogP contribution is -2.45. The number of nitrogens with one attached hydrogen (secondary N) is 1. The van der Waals surface area contributed by atoms with Gasteiger partial charge in [0.1, 0.15) is 6.23 Å². The van der Waals surface area contributed by atoms with Crippen LogP contribution in [0.4, 0.5) is 5.69 Å². The molecule has 1 unspecified atom stereocenters. The zero-order chi connectivity index (χ0) is 13.2. The Hall–Kier alpha value is -1.06. The van der Waals surface area contributed by atoms with E-state index in [9.17, 15) is 0 Å². The summed E-state index contributed by atoms with van der Waals surface area (Å²) in [7, 11) is 4.13. The molecule has 1 aliphatic carbocycles. The van der Waals surface area contributed by atoms with Crippen LogP contribution in [0.2, 0.25) is 0 Å². The summed E-state index contributed by atoms with van der Waals surface area (Å²) in [5.41, 5.74) is 2.48. The van der Waals surface area contributed by atoms with E-state index in [4.69, 9.17) is 4.74 Å². The van der Waals surface area contributed by atoms with Crippen molar-refractivity contribution in [3.05, 3.63) is 29.8 Å². The minimum absolute atomic E-state index is 0.0792. The van der Waals surface area contributed by atoms with Crippen molar-refractivity contribution in [3.8, 4) is 0 Å². The lowest BCUT2D eigenvalue weighted by Gasteiger charge is -2.40. The van der Waals surface area contributed by atoms with Gasteiger partial charge in [-0.1, -0.05) is 25.0 Å². The minimum Gasteiger partial charge on any atom is -0.378 e. The first-order chi connectivity index (χ1) is 9.24. The van der Waals surface area contributed by atoms with Crippen LogP contribution in [-0.2, 0) is 4.74 Å². The van der Waals surface area contributed by atoms with E-state index in [0.29, 0.717) is 6.10 Å². The van der Waals surface area contributed by atoms with Crippen LogP contribution < -0.4 is 10.2 Å². The highest BCUT2D eigenvalue weighted by atomic mass is 16.5. The van der Waals surface area contributed by atoms with E-state index < -0.39 is 0 Å². The minimum atomic E-state index is 0.0792. The molecular weight excluding hydrogens is 236 g/mol. The summed E-state index contributed by atoms with van der Waals surface area (Å²) >= 11 is 0. The van der Waals surface area contributed by atoms with Crippen LogP contribution in [-0.4, -0.2) is 26.7 Å². The second kappa shape index (κ2) is 5.51. The van der Waals surface area contributed by atoms with Crippen LogP contribution in [0.1, 0.15) is 37.5 Å². The molecule has 1 saturated carbocycles. The van der Waals surface area contributed by atoms with E-state index in [1.54, 1.807) is 0 Å². The number of rotatable bonds is 2. The van der Waals surface area contributed by atoms with E-state index >= 15 is 0 Å². The Bertz CT molecular complexity index is 415. The molecule has 3 atom stereocenters. The van der Waals surface area contributed by atoms with E-state index in [0.717, 1.165) is 12.5 Å². The maximum Gasteiger partial charge on any atom is 0.134 e. The van der Waals surface area contributed by atoms with E-state index in [1.807, 2.05) is 0 Å². The van der Waals surface area contributed by atoms with E-state index in [2.05, 4.69) is 48.6 Å². The lowest BCUT2D eigenvalue weighted by molar-refractivity contribution is -0.109. The highest BCUT2D eigenvalue weighted by Crippen LogP contribution is 2.34. The van der Waals surface area contributed by atoms with Gasteiger partial charge >= 0.3 is 0 Å². The zero-order valence-electron chi connectivity index (χ0n) is 11.9. The monoisotopic (exact) mass is 260 g/mol. The van der Waals surface area contributed by atoms with Crippen LogP contribution in [0.25, 0.3) is 0 Å². The smallest absolute Gasteiger partial charge is 0.134 e. The van der Waals surface area contributed by atoms with Crippen molar-refractivity contribution in [2.75, 3.05) is 25.5 Å². The molecule has 1 aliphatic heterocycles. The molecule has 1 heterocycles. The summed E-state index contributed by atoms with van der Waals surface area (Å²) in [5.74, 6) is 0.728. The molecule has 0 bridgehead atoms.